The molecule has 0 N–H and O–H groups in total. The first-order valence-electron chi connectivity index (χ1n) is 10.1. The number of rotatable bonds is 7. The van der Waals surface area contributed by atoms with Gasteiger partial charge in [-0.05, 0) is 38.0 Å². The van der Waals surface area contributed by atoms with Gasteiger partial charge in [0.15, 0.2) is 11.2 Å². The van der Waals surface area contributed by atoms with Crippen molar-refractivity contribution in [2.45, 2.75) is 57.7 Å². The summed E-state index contributed by atoms with van der Waals surface area (Å²) in [6.45, 7) is 2.01. The van der Waals surface area contributed by atoms with E-state index in [0.29, 0.717) is 17.4 Å². The van der Waals surface area contributed by atoms with Crippen LogP contribution in [0, 0.1) is 0 Å². The van der Waals surface area contributed by atoms with Crippen LogP contribution in [0.3, 0.4) is 0 Å². The molecule has 1 aliphatic rings. The smallest absolute Gasteiger partial charge is 0.375 e. The second-order valence-electron chi connectivity index (χ2n) is 7.33. The maximum Gasteiger partial charge on any atom is 0.375 e. The molecule has 8 nitrogen and oxygen atoms in total. The minimum absolute atomic E-state index is 0.0651. The van der Waals surface area contributed by atoms with Gasteiger partial charge in [-0.2, -0.15) is 5.10 Å². The Labute approximate surface area is 178 Å². The van der Waals surface area contributed by atoms with Crippen molar-refractivity contribution in [2.24, 2.45) is 0 Å². The normalized spacial score (nSPS) is 15.6. The minimum Gasteiger partial charge on any atom is -0.452 e. The number of esters is 1. The van der Waals surface area contributed by atoms with Crippen molar-refractivity contribution in [1.82, 2.24) is 14.8 Å². The van der Waals surface area contributed by atoms with Crippen molar-refractivity contribution < 1.29 is 18.7 Å². The molecule has 0 spiro atoms. The van der Waals surface area contributed by atoms with Crippen LogP contribution in [0.4, 0.5) is 5.13 Å². The summed E-state index contributed by atoms with van der Waals surface area (Å²) in [5.74, 6) is -0.273. The highest BCUT2D eigenvalue weighted by molar-refractivity contribution is 7.13. The molecule has 1 unspecified atom stereocenters. The predicted octanol–water partition coefficient (Wildman–Crippen LogP) is 3.89. The number of carbonyl (C=O) groups excluding carboxylic acids is 2. The van der Waals surface area contributed by atoms with E-state index in [9.17, 15) is 9.59 Å². The standard InChI is InChI=1S/C21H24N4O4S/c1-15(19(26)25(21-22-11-13-30-21)16-6-3-2-4-7-16)28-20(27)18-9-8-17(29-18)14-24-12-5-10-23-24/h5,8-13,15-16H,2-4,6-7,14H2,1H3. The van der Waals surface area contributed by atoms with E-state index in [1.54, 1.807) is 47.2 Å². The summed E-state index contributed by atoms with van der Waals surface area (Å²) in [6.07, 6.45) is 9.43. The minimum atomic E-state index is -0.942. The molecular formula is C21H24N4O4S. The topological polar surface area (TPSA) is 90.5 Å². The number of nitrogens with zero attached hydrogens (tertiary/aromatic N) is 4. The number of hydrogen-bond acceptors (Lipinski definition) is 7. The van der Waals surface area contributed by atoms with Crippen LogP contribution in [0.25, 0.3) is 0 Å². The molecule has 0 aromatic carbocycles. The molecule has 4 rings (SSSR count). The molecule has 0 radical (unpaired) electrons. The largest absolute Gasteiger partial charge is 0.452 e. The van der Waals surface area contributed by atoms with E-state index >= 15 is 0 Å². The Hall–Kier alpha value is -2.94. The summed E-state index contributed by atoms with van der Waals surface area (Å²) in [6, 6.07) is 5.15. The first-order valence-corrected chi connectivity index (χ1v) is 11.0. The van der Waals surface area contributed by atoms with E-state index in [-0.39, 0.29) is 17.7 Å². The number of ether oxygens (including phenoxy) is 1. The fourth-order valence-electron chi connectivity index (χ4n) is 3.70. The quantitative estimate of drug-likeness (QED) is 0.530. The second-order valence-corrected chi connectivity index (χ2v) is 8.20. The Morgan fingerprint density at radius 1 is 1.30 bits per heavy atom. The number of amides is 1. The average molecular weight is 429 g/mol. The molecule has 3 aromatic heterocycles. The molecule has 0 saturated heterocycles. The zero-order valence-electron chi connectivity index (χ0n) is 16.8. The summed E-state index contributed by atoms with van der Waals surface area (Å²) < 4.78 is 12.7. The third kappa shape index (κ3) is 4.62. The van der Waals surface area contributed by atoms with E-state index in [2.05, 4.69) is 10.1 Å². The summed E-state index contributed by atoms with van der Waals surface area (Å²) >= 11 is 1.42. The highest BCUT2D eigenvalue weighted by atomic mass is 32.1. The van der Waals surface area contributed by atoms with Crippen LogP contribution in [-0.4, -0.2) is 38.8 Å². The second kappa shape index (κ2) is 9.25. The molecule has 1 amide bonds. The number of anilines is 1. The van der Waals surface area contributed by atoms with Crippen LogP contribution in [-0.2, 0) is 16.1 Å². The molecule has 1 saturated carbocycles. The van der Waals surface area contributed by atoms with Crippen molar-refractivity contribution >= 4 is 28.3 Å². The lowest BCUT2D eigenvalue weighted by atomic mass is 9.94. The number of aromatic nitrogens is 3. The molecule has 0 bridgehead atoms. The molecule has 30 heavy (non-hydrogen) atoms. The Morgan fingerprint density at radius 3 is 2.83 bits per heavy atom. The Balaban J connectivity index is 1.42. The van der Waals surface area contributed by atoms with Crippen molar-refractivity contribution in [2.75, 3.05) is 4.90 Å². The summed E-state index contributed by atoms with van der Waals surface area (Å²) in [7, 11) is 0. The Kier molecular flexibility index (Phi) is 6.27. The van der Waals surface area contributed by atoms with Crippen LogP contribution in [0.5, 0.6) is 0 Å². The number of furan rings is 1. The maximum absolute atomic E-state index is 13.2. The van der Waals surface area contributed by atoms with Crippen LogP contribution < -0.4 is 4.90 Å². The van der Waals surface area contributed by atoms with E-state index in [4.69, 9.17) is 9.15 Å². The number of hydrogen-bond donors (Lipinski definition) is 0. The molecule has 158 valence electrons. The van der Waals surface area contributed by atoms with Gasteiger partial charge in [0.2, 0.25) is 5.76 Å². The average Bonchev–Trinajstić information content (AvgIpc) is 3.52. The van der Waals surface area contributed by atoms with Gasteiger partial charge in [0.05, 0.1) is 6.54 Å². The first kappa shape index (κ1) is 20.3. The number of carbonyl (C=O) groups is 2. The SMILES string of the molecule is CC(OC(=O)c1ccc(Cn2cccn2)o1)C(=O)N(c1nccs1)C1CCCCC1. The lowest BCUT2D eigenvalue weighted by Crippen LogP contribution is -2.47. The molecular weight excluding hydrogens is 404 g/mol. The van der Waals surface area contributed by atoms with Gasteiger partial charge in [0.25, 0.3) is 5.91 Å². The van der Waals surface area contributed by atoms with Crippen LogP contribution >= 0.6 is 11.3 Å². The fourth-order valence-corrected chi connectivity index (χ4v) is 4.41. The summed E-state index contributed by atoms with van der Waals surface area (Å²) in [5, 5.41) is 6.60. The first-order chi connectivity index (χ1) is 14.6. The van der Waals surface area contributed by atoms with Crippen molar-refractivity contribution in [1.29, 1.82) is 0 Å². The van der Waals surface area contributed by atoms with Crippen LogP contribution in [0.15, 0.2) is 46.6 Å². The van der Waals surface area contributed by atoms with Gasteiger partial charge in [-0.15, -0.1) is 11.3 Å². The number of thiazole rings is 1. The van der Waals surface area contributed by atoms with Gasteiger partial charge < -0.3 is 9.15 Å². The lowest BCUT2D eigenvalue weighted by molar-refractivity contribution is -0.127. The van der Waals surface area contributed by atoms with Gasteiger partial charge in [-0.3, -0.25) is 14.4 Å². The molecule has 1 fully saturated rings. The lowest BCUT2D eigenvalue weighted by Gasteiger charge is -2.33. The van der Waals surface area contributed by atoms with Gasteiger partial charge in [0.1, 0.15) is 5.76 Å². The van der Waals surface area contributed by atoms with Gasteiger partial charge >= 0.3 is 5.97 Å². The third-order valence-corrected chi connectivity index (χ3v) is 5.94. The van der Waals surface area contributed by atoms with Crippen molar-refractivity contribution in [3.8, 4) is 0 Å². The summed E-state index contributed by atoms with van der Waals surface area (Å²) in [4.78, 5) is 31.8. The van der Waals surface area contributed by atoms with Crippen molar-refractivity contribution in [3.05, 3.63) is 53.7 Å². The molecule has 0 aliphatic heterocycles. The molecule has 3 heterocycles. The monoisotopic (exact) mass is 428 g/mol. The van der Waals surface area contributed by atoms with Gasteiger partial charge in [-0.1, -0.05) is 19.3 Å². The molecule has 9 heteroatoms. The highest BCUT2D eigenvalue weighted by Crippen LogP contribution is 2.29. The van der Waals surface area contributed by atoms with Gasteiger partial charge in [-0.25, -0.2) is 9.78 Å². The Morgan fingerprint density at radius 2 is 2.13 bits per heavy atom. The molecule has 1 atom stereocenters. The van der Waals surface area contributed by atoms with Crippen LogP contribution in [0.1, 0.15) is 55.3 Å². The van der Waals surface area contributed by atoms with Gasteiger partial charge in [0, 0.05) is 30.0 Å². The highest BCUT2D eigenvalue weighted by Gasteiger charge is 2.33. The Bertz CT molecular complexity index is 961. The molecule has 1 aliphatic carbocycles. The predicted molar refractivity (Wildman–Crippen MR) is 111 cm³/mol. The zero-order valence-corrected chi connectivity index (χ0v) is 17.6. The van der Waals surface area contributed by atoms with E-state index < -0.39 is 12.1 Å². The fraction of sp³-hybridized carbons (Fsp3) is 0.429. The van der Waals surface area contributed by atoms with E-state index in [1.807, 2.05) is 11.4 Å². The van der Waals surface area contributed by atoms with E-state index in [1.165, 1.54) is 17.8 Å². The zero-order chi connectivity index (χ0) is 20.9. The maximum atomic E-state index is 13.2. The molecule has 3 aromatic rings. The van der Waals surface area contributed by atoms with Crippen LogP contribution in [0.2, 0.25) is 0 Å². The van der Waals surface area contributed by atoms with Crippen molar-refractivity contribution in [3.63, 3.8) is 0 Å². The van der Waals surface area contributed by atoms with E-state index in [0.717, 1.165) is 25.7 Å². The third-order valence-electron chi connectivity index (χ3n) is 5.17. The summed E-state index contributed by atoms with van der Waals surface area (Å²) in [5.41, 5.74) is 0.